The molecule has 1 fully saturated rings. The highest BCUT2D eigenvalue weighted by atomic mass is 16.2. The van der Waals surface area contributed by atoms with E-state index in [-0.39, 0.29) is 11.8 Å². The minimum absolute atomic E-state index is 0.0596. The summed E-state index contributed by atoms with van der Waals surface area (Å²) >= 11 is 0. The first-order valence-electron chi connectivity index (χ1n) is 4.94. The lowest BCUT2D eigenvalue weighted by atomic mass is 10.0. The highest BCUT2D eigenvalue weighted by Gasteiger charge is 2.20. The zero-order chi connectivity index (χ0) is 9.68. The first-order valence-corrected chi connectivity index (χ1v) is 4.94. The van der Waals surface area contributed by atoms with Gasteiger partial charge < -0.3 is 4.90 Å². The molecule has 0 spiro atoms. The van der Waals surface area contributed by atoms with Crippen LogP contribution in [0.1, 0.15) is 32.6 Å². The highest BCUT2D eigenvalue weighted by molar-refractivity contribution is 5.78. The van der Waals surface area contributed by atoms with E-state index < -0.39 is 0 Å². The predicted octanol–water partition coefficient (Wildman–Crippen LogP) is 1.61. The molecular weight excluding hydrogens is 162 g/mol. The molecule has 71 valence electrons. The van der Waals surface area contributed by atoms with E-state index >= 15 is 0 Å². The average molecular weight is 178 g/mol. The topological polar surface area (TPSA) is 20.3 Å². The van der Waals surface area contributed by atoms with Gasteiger partial charge in [0.25, 0.3) is 0 Å². The maximum absolute atomic E-state index is 11.7. The van der Waals surface area contributed by atoms with Crippen molar-refractivity contribution in [1.29, 1.82) is 0 Å². The Morgan fingerprint density at radius 2 is 2.08 bits per heavy atom. The summed E-state index contributed by atoms with van der Waals surface area (Å²) in [4.78, 5) is 13.6. The van der Waals surface area contributed by atoms with Crippen molar-refractivity contribution in [3.8, 4) is 5.92 Å². The molecule has 1 saturated heterocycles. The largest absolute Gasteiger partial charge is 0.342 e. The number of hydrogen-bond acceptors (Lipinski definition) is 1. The Balaban J connectivity index is 2.41. The number of nitrogens with zero attached hydrogens (tertiary/aromatic N) is 1. The lowest BCUT2D eigenvalue weighted by molar-refractivity contribution is -0.135. The Labute approximate surface area is 80.3 Å². The summed E-state index contributed by atoms with van der Waals surface area (Å²) in [5, 5.41) is 0. The van der Waals surface area contributed by atoms with Crippen LogP contribution < -0.4 is 0 Å². The highest BCUT2D eigenvalue weighted by Crippen LogP contribution is 2.13. The molecule has 2 nitrogen and oxygen atoms in total. The molecule has 0 aromatic rings. The molecule has 1 amide bonds. The third-order valence-electron chi connectivity index (χ3n) is 2.50. The van der Waals surface area contributed by atoms with Crippen molar-refractivity contribution in [2.45, 2.75) is 32.6 Å². The average Bonchev–Trinajstić information content (AvgIpc) is 2.18. The van der Waals surface area contributed by atoms with Gasteiger partial charge in [0, 0.05) is 25.4 Å². The van der Waals surface area contributed by atoms with Crippen molar-refractivity contribution in [2.24, 2.45) is 5.92 Å². The molecule has 1 atom stereocenters. The van der Waals surface area contributed by atoms with Gasteiger partial charge >= 0.3 is 0 Å². The number of hydrogen-bond donors (Lipinski definition) is 0. The van der Waals surface area contributed by atoms with Crippen LogP contribution in [-0.2, 0) is 4.79 Å². The smallest absolute Gasteiger partial charge is 0.226 e. The molecule has 0 N–H and O–H groups in total. The molecule has 1 aliphatic rings. The number of piperidine rings is 1. The third-order valence-corrected chi connectivity index (χ3v) is 2.50. The predicted molar refractivity (Wildman–Crippen MR) is 51.3 cm³/mol. The molecule has 2 heteroatoms. The van der Waals surface area contributed by atoms with E-state index in [9.17, 15) is 4.79 Å². The molecule has 1 aliphatic heterocycles. The molecule has 0 saturated carbocycles. The van der Waals surface area contributed by atoms with E-state index in [4.69, 9.17) is 6.42 Å². The molecule has 1 heterocycles. The third kappa shape index (κ3) is 2.77. The van der Waals surface area contributed by atoms with Crippen LogP contribution in [0.25, 0.3) is 0 Å². The van der Waals surface area contributed by atoms with E-state index in [0.717, 1.165) is 25.9 Å². The normalized spacial score (nSPS) is 19.2. The van der Waals surface area contributed by atoms with Crippen LogP contribution in [0.3, 0.4) is 0 Å². The van der Waals surface area contributed by atoms with E-state index in [2.05, 4.69) is 5.92 Å². The van der Waals surface area contributed by atoms with Gasteiger partial charge in [0.2, 0.25) is 5.91 Å². The molecule has 13 heavy (non-hydrogen) atoms. The maximum Gasteiger partial charge on any atom is 0.226 e. The lowest BCUT2D eigenvalue weighted by Crippen LogP contribution is -2.38. The van der Waals surface area contributed by atoms with E-state index in [1.165, 1.54) is 6.42 Å². The Hall–Kier alpha value is -0.970. The molecule has 1 rings (SSSR count). The molecule has 1 radical (unpaired) electrons. The number of carbonyl (C=O) groups is 1. The van der Waals surface area contributed by atoms with Crippen LogP contribution in [0, 0.1) is 18.3 Å². The molecule has 0 bridgehead atoms. The van der Waals surface area contributed by atoms with E-state index in [1.807, 2.05) is 11.8 Å². The van der Waals surface area contributed by atoms with Gasteiger partial charge in [-0.2, -0.15) is 0 Å². The number of carbonyl (C=O) groups excluding carboxylic acids is 1. The van der Waals surface area contributed by atoms with Crippen molar-refractivity contribution in [3.63, 3.8) is 0 Å². The van der Waals surface area contributed by atoms with Crippen LogP contribution >= 0.6 is 0 Å². The van der Waals surface area contributed by atoms with Gasteiger partial charge in [0.05, 0.1) is 0 Å². The maximum atomic E-state index is 11.7. The Bertz CT molecular complexity index is 211. The van der Waals surface area contributed by atoms with Crippen LogP contribution in [0.4, 0.5) is 0 Å². The van der Waals surface area contributed by atoms with Crippen molar-refractivity contribution >= 4 is 5.91 Å². The van der Waals surface area contributed by atoms with Gasteiger partial charge in [-0.1, -0.05) is 12.8 Å². The van der Waals surface area contributed by atoms with Crippen LogP contribution in [-0.4, -0.2) is 23.9 Å². The summed E-state index contributed by atoms with van der Waals surface area (Å²) < 4.78 is 0. The van der Waals surface area contributed by atoms with Crippen molar-refractivity contribution in [2.75, 3.05) is 13.1 Å². The van der Waals surface area contributed by atoms with Gasteiger partial charge in [-0.05, 0) is 25.7 Å². The second-order valence-corrected chi connectivity index (χ2v) is 3.67. The van der Waals surface area contributed by atoms with Crippen LogP contribution in [0.5, 0.6) is 0 Å². The van der Waals surface area contributed by atoms with Crippen molar-refractivity contribution in [1.82, 2.24) is 4.90 Å². The zero-order valence-corrected chi connectivity index (χ0v) is 8.18. The molecule has 0 aromatic heterocycles. The van der Waals surface area contributed by atoms with Crippen LogP contribution in [0.2, 0.25) is 0 Å². The summed E-state index contributed by atoms with van der Waals surface area (Å²) in [6.45, 7) is 3.68. The van der Waals surface area contributed by atoms with Gasteiger partial charge in [-0.3, -0.25) is 4.79 Å². The fourth-order valence-electron chi connectivity index (χ4n) is 1.67. The standard InChI is InChI=1S/C11H16NO/c1-3-7-10(2)11(13)12-8-5-4-6-9-12/h10H,4-9H2,2H3. The summed E-state index contributed by atoms with van der Waals surface area (Å²) in [6.07, 6.45) is 10.8. The van der Waals surface area contributed by atoms with Gasteiger partial charge in [-0.25, -0.2) is 0 Å². The zero-order valence-electron chi connectivity index (χ0n) is 8.18. The summed E-state index contributed by atoms with van der Waals surface area (Å²) in [6, 6.07) is 0. The first-order chi connectivity index (χ1) is 6.25. The summed E-state index contributed by atoms with van der Waals surface area (Å²) in [5.41, 5.74) is 0. The monoisotopic (exact) mass is 178 g/mol. The van der Waals surface area contributed by atoms with E-state index in [0.29, 0.717) is 6.42 Å². The quantitative estimate of drug-likeness (QED) is 0.588. The second-order valence-electron chi connectivity index (χ2n) is 3.67. The SMILES string of the molecule is [C]#CCC(C)C(=O)N1CCCCC1. The number of likely N-dealkylation sites (tertiary alicyclic amines) is 1. The molecule has 0 aromatic carbocycles. The molecule has 0 aliphatic carbocycles. The fraction of sp³-hybridized carbons (Fsp3) is 0.727. The second kappa shape index (κ2) is 4.91. The molecule has 1 unspecified atom stereocenters. The Kier molecular flexibility index (Phi) is 3.82. The minimum atomic E-state index is -0.0596. The Morgan fingerprint density at radius 3 is 2.62 bits per heavy atom. The minimum Gasteiger partial charge on any atom is -0.342 e. The summed E-state index contributed by atoms with van der Waals surface area (Å²) in [5.74, 6) is 2.42. The van der Waals surface area contributed by atoms with Crippen molar-refractivity contribution < 1.29 is 4.79 Å². The molecular formula is C11H16NO. The van der Waals surface area contributed by atoms with Gasteiger partial charge in [-0.15, -0.1) is 0 Å². The van der Waals surface area contributed by atoms with E-state index in [1.54, 1.807) is 0 Å². The van der Waals surface area contributed by atoms with Gasteiger partial charge in [0.15, 0.2) is 0 Å². The number of rotatable bonds is 2. The summed E-state index contributed by atoms with van der Waals surface area (Å²) in [7, 11) is 0. The lowest BCUT2D eigenvalue weighted by Gasteiger charge is -2.28. The Morgan fingerprint density at radius 1 is 1.46 bits per heavy atom. The fourth-order valence-corrected chi connectivity index (χ4v) is 1.67. The van der Waals surface area contributed by atoms with Crippen molar-refractivity contribution in [3.05, 3.63) is 6.42 Å². The first kappa shape index (κ1) is 10.1. The van der Waals surface area contributed by atoms with Gasteiger partial charge in [0.1, 0.15) is 0 Å². The number of amides is 1. The van der Waals surface area contributed by atoms with Crippen LogP contribution in [0.15, 0.2) is 0 Å².